The Morgan fingerprint density at radius 1 is 1.29 bits per heavy atom. The lowest BCUT2D eigenvalue weighted by Gasteiger charge is -2.19. The van der Waals surface area contributed by atoms with Gasteiger partial charge in [0.25, 0.3) is 0 Å². The van der Waals surface area contributed by atoms with Gasteiger partial charge in [0.2, 0.25) is 0 Å². The first-order valence-corrected chi connectivity index (χ1v) is 5.42. The van der Waals surface area contributed by atoms with Crippen molar-refractivity contribution in [3.05, 3.63) is 35.9 Å². The molecular weight excluding hydrogens is 229 g/mol. The van der Waals surface area contributed by atoms with Crippen molar-refractivity contribution < 1.29 is 13.2 Å². The molecule has 0 saturated heterocycles. The summed E-state index contributed by atoms with van der Waals surface area (Å²) in [5.74, 6) is 0. The maximum absolute atomic E-state index is 12.5. The maximum Gasteiger partial charge on any atom is 0.431 e. The summed E-state index contributed by atoms with van der Waals surface area (Å²) in [6, 6.07) is 9.17. The van der Waals surface area contributed by atoms with E-state index in [9.17, 15) is 13.2 Å². The molecule has 0 N–H and O–H groups in total. The highest BCUT2D eigenvalue weighted by atomic mass is 19.4. The third-order valence-electron chi connectivity index (χ3n) is 2.76. The molecule has 2 rings (SSSR count). The van der Waals surface area contributed by atoms with Crippen LogP contribution in [-0.4, -0.2) is 22.9 Å². The van der Waals surface area contributed by atoms with E-state index in [2.05, 4.69) is 5.10 Å². The molecule has 2 nitrogen and oxygen atoms in total. The number of halogens is 3. The van der Waals surface area contributed by atoms with Crippen LogP contribution < -0.4 is 0 Å². The van der Waals surface area contributed by atoms with Crippen LogP contribution in [0.4, 0.5) is 13.2 Å². The molecule has 1 aliphatic rings. The van der Waals surface area contributed by atoms with Crippen molar-refractivity contribution >= 4 is 5.71 Å². The summed E-state index contributed by atoms with van der Waals surface area (Å²) in [5.41, 5.74) is 0.285. The molecule has 0 aromatic heterocycles. The van der Waals surface area contributed by atoms with Crippen molar-refractivity contribution in [3.63, 3.8) is 0 Å². The standard InChI is InChI=1S/C12H13F3N2/c1-9-7-11(12(13,14)15)16-17(9)8-10-5-3-2-4-6-10/h2-6,9H,7-8H2,1H3. The fourth-order valence-corrected chi connectivity index (χ4v) is 1.81. The highest BCUT2D eigenvalue weighted by Crippen LogP contribution is 2.28. The lowest BCUT2D eigenvalue weighted by Crippen LogP contribution is -2.24. The van der Waals surface area contributed by atoms with Crippen LogP contribution in [0.25, 0.3) is 0 Å². The SMILES string of the molecule is CC1CC(C(F)(F)F)=NN1Cc1ccccc1. The van der Waals surface area contributed by atoms with Crippen molar-refractivity contribution in [2.75, 3.05) is 0 Å². The largest absolute Gasteiger partial charge is 0.431 e. The predicted molar refractivity (Wildman–Crippen MR) is 59.6 cm³/mol. The zero-order chi connectivity index (χ0) is 12.5. The highest BCUT2D eigenvalue weighted by Gasteiger charge is 2.41. The maximum atomic E-state index is 12.5. The van der Waals surface area contributed by atoms with Gasteiger partial charge in [0.15, 0.2) is 0 Å². The van der Waals surface area contributed by atoms with E-state index in [1.165, 1.54) is 5.01 Å². The lowest BCUT2D eigenvalue weighted by molar-refractivity contribution is -0.0601. The summed E-state index contributed by atoms with van der Waals surface area (Å²) in [4.78, 5) is 0. The molecule has 1 heterocycles. The summed E-state index contributed by atoms with van der Waals surface area (Å²) >= 11 is 0. The molecule has 1 aromatic rings. The molecule has 1 aromatic carbocycles. The summed E-state index contributed by atoms with van der Waals surface area (Å²) in [5, 5.41) is 5.16. The number of hydrogen-bond donors (Lipinski definition) is 0. The molecule has 1 unspecified atom stereocenters. The van der Waals surface area contributed by atoms with Crippen LogP contribution in [0.2, 0.25) is 0 Å². The second-order valence-electron chi connectivity index (χ2n) is 4.18. The monoisotopic (exact) mass is 242 g/mol. The number of rotatable bonds is 2. The topological polar surface area (TPSA) is 15.6 Å². The van der Waals surface area contributed by atoms with Crippen molar-refractivity contribution in [1.29, 1.82) is 0 Å². The van der Waals surface area contributed by atoms with E-state index in [0.717, 1.165) is 5.56 Å². The van der Waals surface area contributed by atoms with E-state index >= 15 is 0 Å². The van der Waals surface area contributed by atoms with Gasteiger partial charge in [-0.1, -0.05) is 30.3 Å². The lowest BCUT2D eigenvalue weighted by atomic mass is 10.1. The second-order valence-corrected chi connectivity index (χ2v) is 4.18. The molecule has 5 heteroatoms. The smallest absolute Gasteiger partial charge is 0.289 e. The quantitative estimate of drug-likeness (QED) is 0.777. The van der Waals surface area contributed by atoms with Crippen molar-refractivity contribution in [3.8, 4) is 0 Å². The zero-order valence-electron chi connectivity index (χ0n) is 9.41. The van der Waals surface area contributed by atoms with E-state index in [4.69, 9.17) is 0 Å². The van der Waals surface area contributed by atoms with Crippen LogP contribution in [0, 0.1) is 0 Å². The van der Waals surface area contributed by atoms with Crippen molar-refractivity contribution in [1.82, 2.24) is 5.01 Å². The molecule has 1 aliphatic heterocycles. The van der Waals surface area contributed by atoms with Gasteiger partial charge in [-0.05, 0) is 12.5 Å². The Morgan fingerprint density at radius 3 is 2.47 bits per heavy atom. The van der Waals surface area contributed by atoms with Gasteiger partial charge in [-0.3, -0.25) is 5.01 Å². The van der Waals surface area contributed by atoms with Crippen LogP contribution >= 0.6 is 0 Å². The highest BCUT2D eigenvalue weighted by molar-refractivity contribution is 5.91. The fourth-order valence-electron chi connectivity index (χ4n) is 1.81. The number of benzene rings is 1. The van der Waals surface area contributed by atoms with Gasteiger partial charge < -0.3 is 0 Å². The number of alkyl halides is 3. The van der Waals surface area contributed by atoms with Crippen LogP contribution in [0.3, 0.4) is 0 Å². The predicted octanol–water partition coefficient (Wildman–Crippen LogP) is 3.20. The molecule has 0 bridgehead atoms. The summed E-state index contributed by atoms with van der Waals surface area (Å²) in [7, 11) is 0. The third-order valence-corrected chi connectivity index (χ3v) is 2.76. The van der Waals surface area contributed by atoms with Crippen LogP contribution in [0.15, 0.2) is 35.4 Å². The van der Waals surface area contributed by atoms with Crippen LogP contribution in [-0.2, 0) is 6.54 Å². The Balaban J connectivity index is 2.10. The third kappa shape index (κ3) is 2.78. The van der Waals surface area contributed by atoms with Crippen molar-refractivity contribution in [2.24, 2.45) is 5.10 Å². The van der Waals surface area contributed by atoms with Gasteiger partial charge in [-0.15, -0.1) is 0 Å². The average Bonchev–Trinajstić information content (AvgIpc) is 2.62. The minimum Gasteiger partial charge on any atom is -0.289 e. The van der Waals surface area contributed by atoms with Gasteiger partial charge in [0.1, 0.15) is 5.71 Å². The molecule has 0 amide bonds. The molecule has 0 fully saturated rings. The molecule has 92 valence electrons. The van der Waals surface area contributed by atoms with Gasteiger partial charge in [-0.2, -0.15) is 18.3 Å². The number of hydrazone groups is 1. The number of nitrogens with zero attached hydrogens (tertiary/aromatic N) is 2. The molecular formula is C12H13F3N2. The molecule has 0 radical (unpaired) electrons. The van der Waals surface area contributed by atoms with E-state index in [1.807, 2.05) is 30.3 Å². The Labute approximate surface area is 97.7 Å². The fraction of sp³-hybridized carbons (Fsp3) is 0.417. The van der Waals surface area contributed by atoms with E-state index in [1.54, 1.807) is 6.92 Å². The Morgan fingerprint density at radius 2 is 1.94 bits per heavy atom. The molecule has 0 spiro atoms. The van der Waals surface area contributed by atoms with E-state index < -0.39 is 11.9 Å². The normalized spacial score (nSPS) is 20.6. The first kappa shape index (κ1) is 12.0. The average molecular weight is 242 g/mol. The number of hydrogen-bond acceptors (Lipinski definition) is 2. The van der Waals surface area contributed by atoms with Gasteiger partial charge in [-0.25, -0.2) is 0 Å². The van der Waals surface area contributed by atoms with E-state index in [-0.39, 0.29) is 12.5 Å². The van der Waals surface area contributed by atoms with Crippen molar-refractivity contribution in [2.45, 2.75) is 32.1 Å². The minimum absolute atomic E-state index is 0.0314. The Hall–Kier alpha value is -1.52. The second kappa shape index (κ2) is 4.39. The molecule has 0 aliphatic carbocycles. The Bertz CT molecular complexity index is 412. The summed E-state index contributed by atoms with van der Waals surface area (Å²) in [6.07, 6.45) is -4.34. The molecule has 0 saturated carbocycles. The first-order valence-electron chi connectivity index (χ1n) is 5.42. The zero-order valence-corrected chi connectivity index (χ0v) is 9.41. The first-order chi connectivity index (χ1) is 7.97. The van der Waals surface area contributed by atoms with Gasteiger partial charge in [0, 0.05) is 6.42 Å². The minimum atomic E-state index is -4.31. The van der Waals surface area contributed by atoms with Crippen LogP contribution in [0.1, 0.15) is 18.9 Å². The molecule has 1 atom stereocenters. The van der Waals surface area contributed by atoms with E-state index in [0.29, 0.717) is 6.54 Å². The Kier molecular flexibility index (Phi) is 3.09. The summed E-state index contributed by atoms with van der Waals surface area (Å²) < 4.78 is 37.5. The van der Waals surface area contributed by atoms with Crippen LogP contribution in [0.5, 0.6) is 0 Å². The summed E-state index contributed by atoms with van der Waals surface area (Å²) in [6.45, 7) is 2.17. The van der Waals surface area contributed by atoms with Gasteiger partial charge >= 0.3 is 6.18 Å². The van der Waals surface area contributed by atoms with Gasteiger partial charge in [0.05, 0.1) is 12.6 Å². The molecule has 17 heavy (non-hydrogen) atoms.